The van der Waals surface area contributed by atoms with Gasteiger partial charge in [0.05, 0.1) is 27.8 Å². The monoisotopic (exact) mass is 739 g/mol. The van der Waals surface area contributed by atoms with Crippen LogP contribution in [0.1, 0.15) is 22.3 Å². The quantitative estimate of drug-likeness (QED) is 0.181. The lowest BCUT2D eigenvalue weighted by Crippen LogP contribution is -2.36. The molecule has 0 saturated carbocycles. The zero-order chi connectivity index (χ0) is 38.0. The largest absolute Gasteiger partial charge is 0.310 e. The normalized spacial score (nSPS) is 13.6. The molecule has 0 amide bonds. The van der Waals surface area contributed by atoms with E-state index in [9.17, 15) is 0 Å². The summed E-state index contributed by atoms with van der Waals surface area (Å²) in [6.45, 7) is 0. The second-order valence-electron chi connectivity index (χ2n) is 15.4. The second kappa shape index (κ2) is 11.6. The molecule has 0 radical (unpaired) electrons. The van der Waals surface area contributed by atoms with Crippen molar-refractivity contribution in [2.75, 3.05) is 4.90 Å². The van der Waals surface area contributed by atoms with Gasteiger partial charge in [0.1, 0.15) is 11.3 Å². The molecule has 5 nitrogen and oxygen atoms in total. The molecule has 0 unspecified atom stereocenters. The Morgan fingerprint density at radius 2 is 0.793 bits per heavy atom. The number of para-hydroxylation sites is 3. The number of fused-ring (bicyclic) bond motifs is 15. The first-order valence-corrected chi connectivity index (χ1v) is 19.8. The first-order valence-electron chi connectivity index (χ1n) is 19.8. The van der Waals surface area contributed by atoms with Gasteiger partial charge in [0.15, 0.2) is 0 Å². The van der Waals surface area contributed by atoms with Crippen LogP contribution in [0.2, 0.25) is 0 Å². The highest BCUT2D eigenvalue weighted by molar-refractivity contribution is 6.09. The van der Waals surface area contributed by atoms with Crippen LogP contribution in [0.15, 0.2) is 200 Å². The average Bonchev–Trinajstić information content (AvgIpc) is 3.91. The summed E-state index contributed by atoms with van der Waals surface area (Å²) in [6.07, 6.45) is 3.80. The molecule has 4 aromatic heterocycles. The van der Waals surface area contributed by atoms with Crippen molar-refractivity contribution in [2.24, 2.45) is 0 Å². The zero-order valence-corrected chi connectivity index (χ0v) is 31.3. The van der Waals surface area contributed by atoms with Crippen LogP contribution in [-0.2, 0) is 5.41 Å². The number of hydrogen-bond acceptors (Lipinski definition) is 3. The van der Waals surface area contributed by atoms with E-state index >= 15 is 0 Å². The minimum atomic E-state index is -0.585. The maximum Gasteiger partial charge on any atom is 0.145 e. The molecule has 1 spiro atoms. The van der Waals surface area contributed by atoms with Gasteiger partial charge in [0.25, 0.3) is 0 Å². The van der Waals surface area contributed by atoms with Gasteiger partial charge in [-0.3, -0.25) is 9.13 Å². The van der Waals surface area contributed by atoms with E-state index in [0.717, 1.165) is 61.5 Å². The van der Waals surface area contributed by atoms with Gasteiger partial charge in [-0.1, -0.05) is 115 Å². The number of pyridine rings is 2. The zero-order valence-electron chi connectivity index (χ0n) is 31.3. The summed E-state index contributed by atoms with van der Waals surface area (Å²) in [4.78, 5) is 12.4. The summed E-state index contributed by atoms with van der Waals surface area (Å²) in [5.41, 5.74) is 16.6. The fourth-order valence-corrected chi connectivity index (χ4v) is 10.4. The Kier molecular flexibility index (Phi) is 6.31. The van der Waals surface area contributed by atoms with Crippen molar-refractivity contribution < 1.29 is 0 Å². The van der Waals surface area contributed by atoms with Crippen LogP contribution >= 0.6 is 0 Å². The molecule has 5 heterocycles. The summed E-state index contributed by atoms with van der Waals surface area (Å²) in [7, 11) is 0. The molecule has 0 atom stereocenters. The first-order chi connectivity index (χ1) is 28.8. The van der Waals surface area contributed by atoms with Crippen molar-refractivity contribution in [2.45, 2.75) is 5.41 Å². The highest BCUT2D eigenvalue weighted by Crippen LogP contribution is 2.64. The molecule has 58 heavy (non-hydrogen) atoms. The number of aromatic nitrogens is 4. The van der Waals surface area contributed by atoms with Crippen molar-refractivity contribution in [1.29, 1.82) is 0 Å². The number of anilines is 3. The van der Waals surface area contributed by atoms with Gasteiger partial charge in [-0.15, -0.1) is 0 Å². The van der Waals surface area contributed by atoms with E-state index in [1.165, 1.54) is 44.2 Å². The van der Waals surface area contributed by atoms with E-state index in [1.54, 1.807) is 0 Å². The molecule has 2 aliphatic rings. The van der Waals surface area contributed by atoms with Crippen LogP contribution in [0.3, 0.4) is 0 Å². The third-order valence-corrected chi connectivity index (χ3v) is 12.6. The van der Waals surface area contributed by atoms with Crippen LogP contribution < -0.4 is 4.90 Å². The van der Waals surface area contributed by atoms with E-state index < -0.39 is 5.41 Å². The molecule has 7 aromatic carbocycles. The Morgan fingerprint density at radius 1 is 0.345 bits per heavy atom. The lowest BCUT2D eigenvalue weighted by Gasteiger charge is -2.45. The molecule has 11 aromatic rings. The van der Waals surface area contributed by atoms with Crippen LogP contribution in [-0.4, -0.2) is 19.1 Å². The van der Waals surface area contributed by atoms with Crippen molar-refractivity contribution in [1.82, 2.24) is 19.1 Å². The van der Waals surface area contributed by atoms with Crippen LogP contribution in [0.25, 0.3) is 66.4 Å². The second-order valence-corrected chi connectivity index (χ2v) is 15.4. The van der Waals surface area contributed by atoms with Gasteiger partial charge >= 0.3 is 0 Å². The fraction of sp³-hybridized carbons (Fsp3) is 0.0189. The van der Waals surface area contributed by atoms with Gasteiger partial charge in [-0.2, -0.15) is 0 Å². The molecule has 0 N–H and O–H groups in total. The van der Waals surface area contributed by atoms with Gasteiger partial charge in [0.2, 0.25) is 0 Å². The molecule has 0 fully saturated rings. The third kappa shape index (κ3) is 3.99. The Bertz CT molecular complexity index is 3160. The molecule has 0 bridgehead atoms. The van der Waals surface area contributed by atoms with Crippen LogP contribution in [0, 0.1) is 0 Å². The maximum atomic E-state index is 4.98. The van der Waals surface area contributed by atoms with E-state index in [2.05, 4.69) is 190 Å². The van der Waals surface area contributed by atoms with Crippen molar-refractivity contribution in [3.05, 3.63) is 223 Å². The lowest BCUT2D eigenvalue weighted by atomic mass is 9.64. The Balaban J connectivity index is 1.18. The Morgan fingerprint density at radius 3 is 1.33 bits per heavy atom. The van der Waals surface area contributed by atoms with E-state index in [0.29, 0.717) is 0 Å². The van der Waals surface area contributed by atoms with Crippen molar-refractivity contribution >= 4 is 60.9 Å². The van der Waals surface area contributed by atoms with Gasteiger partial charge in [-0.25, -0.2) is 9.97 Å². The average molecular weight is 740 g/mol. The highest BCUT2D eigenvalue weighted by atomic mass is 15.2. The van der Waals surface area contributed by atoms with E-state index in [1.807, 2.05) is 24.5 Å². The number of hydrogen-bond donors (Lipinski definition) is 0. The molecule has 270 valence electrons. The number of nitrogens with zero attached hydrogens (tertiary/aromatic N) is 5. The van der Waals surface area contributed by atoms with Gasteiger partial charge in [-0.05, 0) is 106 Å². The van der Waals surface area contributed by atoms with Gasteiger partial charge < -0.3 is 4.90 Å². The number of benzene rings is 7. The summed E-state index contributed by atoms with van der Waals surface area (Å²) in [5, 5.41) is 4.66. The Labute approximate surface area is 334 Å². The summed E-state index contributed by atoms with van der Waals surface area (Å²) in [5.74, 6) is 0. The lowest BCUT2D eigenvalue weighted by molar-refractivity contribution is 0.751. The smallest absolute Gasteiger partial charge is 0.145 e. The highest BCUT2D eigenvalue weighted by Gasteiger charge is 2.52. The summed E-state index contributed by atoms with van der Waals surface area (Å²) >= 11 is 0. The SMILES string of the molecule is c1ccc(N2c3cc(-n4c5ccccc5c5cccnc54)ccc3C3(c4ccccc4-c4ccccc43)c3ccc(-n4c5ccccc5c5cccnc54)cc32)cc1. The van der Waals surface area contributed by atoms with Gasteiger partial charge in [0, 0.05) is 51.0 Å². The molecule has 0 saturated heterocycles. The Hall–Kier alpha value is -7.76. The van der Waals surface area contributed by atoms with Crippen LogP contribution in [0.4, 0.5) is 17.1 Å². The third-order valence-electron chi connectivity index (χ3n) is 12.6. The maximum absolute atomic E-state index is 4.98. The van der Waals surface area contributed by atoms with Crippen molar-refractivity contribution in [3.63, 3.8) is 0 Å². The minimum absolute atomic E-state index is 0.585. The molecular formula is C53H33N5. The topological polar surface area (TPSA) is 38.9 Å². The molecular weight excluding hydrogens is 707 g/mol. The van der Waals surface area contributed by atoms with E-state index in [-0.39, 0.29) is 0 Å². The van der Waals surface area contributed by atoms with E-state index in [4.69, 9.17) is 9.97 Å². The summed E-state index contributed by atoms with van der Waals surface area (Å²) < 4.78 is 4.65. The predicted octanol–water partition coefficient (Wildman–Crippen LogP) is 12.8. The van der Waals surface area contributed by atoms with Crippen LogP contribution in [0.5, 0.6) is 0 Å². The molecule has 5 heteroatoms. The first kappa shape index (κ1) is 31.4. The molecule has 1 aliphatic heterocycles. The number of rotatable bonds is 3. The standard InChI is InChI=1S/C53H33N5/c1-2-14-34(15-3-1)56-49-32-35(57-47-24-10-6-18-39(47)41-20-12-30-54-51(41)57)26-28-45(49)53(43-22-8-4-16-37(43)38-17-5-9-23-44(38)53)46-29-27-36(33-50(46)56)58-48-25-11-7-19-40(48)42-21-13-31-55-52(42)58/h1-33H. The molecule has 1 aliphatic carbocycles. The molecule has 13 rings (SSSR count). The van der Waals surface area contributed by atoms with Crippen molar-refractivity contribution in [3.8, 4) is 22.5 Å². The fourth-order valence-electron chi connectivity index (χ4n) is 10.4. The minimum Gasteiger partial charge on any atom is -0.310 e. The summed E-state index contributed by atoms with van der Waals surface area (Å²) in [6, 6.07) is 68.7. The predicted molar refractivity (Wildman–Crippen MR) is 236 cm³/mol.